The molecule has 0 bridgehead atoms. The second-order valence-electron chi connectivity index (χ2n) is 6.61. The van der Waals surface area contributed by atoms with Crippen LogP contribution in [0.15, 0.2) is 53.7 Å². The maximum absolute atomic E-state index is 12.6. The van der Waals surface area contributed by atoms with Crippen molar-refractivity contribution in [1.29, 1.82) is 0 Å². The van der Waals surface area contributed by atoms with E-state index in [1.807, 2.05) is 0 Å². The van der Waals surface area contributed by atoms with E-state index in [-0.39, 0.29) is 42.1 Å². The van der Waals surface area contributed by atoms with E-state index in [1.54, 1.807) is 18.2 Å². The molecule has 2 heterocycles. The van der Waals surface area contributed by atoms with Gasteiger partial charge in [0.1, 0.15) is 10.6 Å². The lowest BCUT2D eigenvalue weighted by Crippen LogP contribution is -2.42. The molecule has 0 radical (unpaired) electrons. The summed E-state index contributed by atoms with van der Waals surface area (Å²) in [5.41, 5.74) is 0.747. The second-order valence-corrected chi connectivity index (χ2v) is 8.55. The van der Waals surface area contributed by atoms with Gasteiger partial charge in [-0.25, -0.2) is 8.42 Å². The fourth-order valence-electron chi connectivity index (χ4n) is 3.13. The van der Waals surface area contributed by atoms with E-state index in [1.165, 1.54) is 34.9 Å². The van der Waals surface area contributed by atoms with Crippen LogP contribution in [0.5, 0.6) is 5.75 Å². The number of carbonyl (C=O) groups excluding carboxylic acids is 1. The number of ether oxygens (including phenoxy) is 1. The first-order valence-corrected chi connectivity index (χ1v) is 10.5. The Balaban J connectivity index is 1.49. The summed E-state index contributed by atoms with van der Waals surface area (Å²) in [6.45, 7) is -2.11. The summed E-state index contributed by atoms with van der Waals surface area (Å²) >= 11 is 0. The van der Waals surface area contributed by atoms with Gasteiger partial charge in [-0.2, -0.15) is 13.1 Å². The Bertz CT molecular complexity index is 916. The molecule has 156 valence electrons. The van der Waals surface area contributed by atoms with Crippen molar-refractivity contribution in [1.82, 2.24) is 14.6 Å². The Morgan fingerprint density at radius 1 is 1.21 bits per heavy atom. The van der Waals surface area contributed by atoms with Crippen LogP contribution in [0.4, 0.5) is 8.78 Å². The van der Waals surface area contributed by atoms with Crippen LogP contribution in [0.2, 0.25) is 0 Å². The van der Waals surface area contributed by atoms with E-state index in [2.05, 4.69) is 15.0 Å². The molecule has 1 aromatic heterocycles. The van der Waals surface area contributed by atoms with Gasteiger partial charge in [0.15, 0.2) is 0 Å². The predicted molar refractivity (Wildman–Crippen MR) is 101 cm³/mol. The third-order valence-corrected chi connectivity index (χ3v) is 6.59. The number of sulfonamides is 1. The van der Waals surface area contributed by atoms with E-state index >= 15 is 0 Å². The number of hydrogen-bond donors (Lipinski definition) is 1. The molecular weight excluding hydrogens is 404 g/mol. The molecule has 0 unspecified atom stereocenters. The van der Waals surface area contributed by atoms with E-state index in [4.69, 9.17) is 0 Å². The first-order chi connectivity index (χ1) is 13.9. The monoisotopic (exact) mass is 425 g/mol. The fourth-order valence-corrected chi connectivity index (χ4v) is 4.56. The van der Waals surface area contributed by atoms with Gasteiger partial charge in [0.25, 0.3) is 0 Å². The number of pyridine rings is 1. The van der Waals surface area contributed by atoms with Gasteiger partial charge in [0, 0.05) is 37.9 Å². The van der Waals surface area contributed by atoms with Gasteiger partial charge >= 0.3 is 6.61 Å². The number of halogens is 2. The molecule has 2 aromatic rings. The molecule has 1 fully saturated rings. The minimum absolute atomic E-state index is 0.0530. The number of nitrogens with zero attached hydrogens (tertiary/aromatic N) is 2. The summed E-state index contributed by atoms with van der Waals surface area (Å²) in [6.07, 6.45) is 3.67. The first kappa shape index (κ1) is 21.1. The van der Waals surface area contributed by atoms with Crippen LogP contribution in [0, 0.1) is 5.92 Å². The van der Waals surface area contributed by atoms with Crippen molar-refractivity contribution in [3.05, 3.63) is 54.4 Å². The number of aromatic nitrogens is 1. The fraction of sp³-hybridized carbons (Fsp3) is 0.368. The van der Waals surface area contributed by atoms with Gasteiger partial charge in [-0.1, -0.05) is 12.1 Å². The van der Waals surface area contributed by atoms with Gasteiger partial charge in [-0.15, -0.1) is 0 Å². The molecule has 0 spiro atoms. The van der Waals surface area contributed by atoms with Crippen LogP contribution in [0.25, 0.3) is 0 Å². The Hall–Kier alpha value is -2.59. The van der Waals surface area contributed by atoms with E-state index in [9.17, 15) is 22.0 Å². The SMILES string of the molecule is O=C(NCc1ccc(OC(F)F)cc1)C1CCN(S(=O)(=O)c2cccnc2)CC1. The minimum atomic E-state index is -3.61. The highest BCUT2D eigenvalue weighted by Crippen LogP contribution is 2.23. The van der Waals surface area contributed by atoms with Crippen LogP contribution in [0.3, 0.4) is 0 Å². The zero-order valence-corrected chi connectivity index (χ0v) is 16.3. The van der Waals surface area contributed by atoms with E-state index < -0.39 is 16.6 Å². The second kappa shape index (κ2) is 9.27. The standard InChI is InChI=1S/C19H21F2N3O4S/c20-19(21)28-16-5-3-14(4-6-16)12-23-18(25)15-7-10-24(11-8-15)29(26,27)17-2-1-9-22-13-17/h1-6,9,13,15,19H,7-8,10-12H2,(H,23,25). The molecule has 7 nitrogen and oxygen atoms in total. The Kier molecular flexibility index (Phi) is 6.75. The number of rotatable bonds is 7. The lowest BCUT2D eigenvalue weighted by atomic mass is 9.97. The molecule has 1 saturated heterocycles. The normalized spacial score (nSPS) is 16.0. The van der Waals surface area contributed by atoms with Crippen LogP contribution < -0.4 is 10.1 Å². The van der Waals surface area contributed by atoms with Crippen molar-refractivity contribution in [3.63, 3.8) is 0 Å². The molecule has 0 saturated carbocycles. The zero-order chi connectivity index (χ0) is 20.9. The van der Waals surface area contributed by atoms with Crippen molar-refractivity contribution < 1.29 is 26.7 Å². The average molecular weight is 425 g/mol. The lowest BCUT2D eigenvalue weighted by Gasteiger charge is -2.30. The summed E-state index contributed by atoms with van der Waals surface area (Å²) in [4.78, 5) is 16.4. The molecule has 3 rings (SSSR count). The smallest absolute Gasteiger partial charge is 0.387 e. The zero-order valence-electron chi connectivity index (χ0n) is 15.5. The van der Waals surface area contributed by atoms with Crippen molar-refractivity contribution >= 4 is 15.9 Å². The maximum Gasteiger partial charge on any atom is 0.387 e. The molecule has 10 heteroatoms. The van der Waals surface area contributed by atoms with Gasteiger partial charge in [0.2, 0.25) is 15.9 Å². The number of carbonyl (C=O) groups is 1. The summed E-state index contributed by atoms with van der Waals surface area (Å²) in [5, 5.41) is 2.81. The highest BCUT2D eigenvalue weighted by molar-refractivity contribution is 7.89. The quantitative estimate of drug-likeness (QED) is 0.736. The average Bonchev–Trinajstić information content (AvgIpc) is 2.73. The lowest BCUT2D eigenvalue weighted by molar-refractivity contribution is -0.126. The predicted octanol–water partition coefficient (Wildman–Crippen LogP) is 2.40. The number of benzene rings is 1. The molecule has 1 aromatic carbocycles. The third-order valence-electron chi connectivity index (χ3n) is 4.71. The maximum atomic E-state index is 12.6. The van der Waals surface area contributed by atoms with Crippen molar-refractivity contribution in [3.8, 4) is 5.75 Å². The van der Waals surface area contributed by atoms with Crippen molar-refractivity contribution in [2.24, 2.45) is 5.92 Å². The van der Waals surface area contributed by atoms with E-state index in [0.29, 0.717) is 12.8 Å². The van der Waals surface area contributed by atoms with Crippen LogP contribution in [0.1, 0.15) is 18.4 Å². The van der Waals surface area contributed by atoms with Crippen molar-refractivity contribution in [2.45, 2.75) is 30.9 Å². The molecule has 1 N–H and O–H groups in total. The first-order valence-electron chi connectivity index (χ1n) is 9.08. The molecule has 1 amide bonds. The molecule has 1 aliphatic heterocycles. The van der Waals surface area contributed by atoms with Gasteiger partial charge in [-0.3, -0.25) is 9.78 Å². The molecule has 29 heavy (non-hydrogen) atoms. The molecule has 0 atom stereocenters. The number of amides is 1. The number of hydrogen-bond acceptors (Lipinski definition) is 5. The largest absolute Gasteiger partial charge is 0.435 e. The highest BCUT2D eigenvalue weighted by Gasteiger charge is 2.32. The number of piperidine rings is 1. The van der Waals surface area contributed by atoms with Crippen LogP contribution in [-0.2, 0) is 21.4 Å². The topological polar surface area (TPSA) is 88.6 Å². The van der Waals surface area contributed by atoms with Gasteiger partial charge in [-0.05, 0) is 42.7 Å². The third kappa shape index (κ3) is 5.48. The van der Waals surface area contributed by atoms with Crippen molar-refractivity contribution in [2.75, 3.05) is 13.1 Å². The summed E-state index contributed by atoms with van der Waals surface area (Å²) in [6, 6.07) is 9.09. The van der Waals surface area contributed by atoms with Crippen LogP contribution in [-0.4, -0.2) is 43.3 Å². The minimum Gasteiger partial charge on any atom is -0.435 e. The highest BCUT2D eigenvalue weighted by atomic mass is 32.2. The molecule has 0 aliphatic carbocycles. The molecular formula is C19H21F2N3O4S. The van der Waals surface area contributed by atoms with E-state index in [0.717, 1.165) is 5.56 Å². The molecule has 1 aliphatic rings. The van der Waals surface area contributed by atoms with Gasteiger partial charge < -0.3 is 10.1 Å². The van der Waals surface area contributed by atoms with Gasteiger partial charge in [0.05, 0.1) is 0 Å². The van der Waals surface area contributed by atoms with Crippen LogP contribution >= 0.6 is 0 Å². The Labute approximate surface area is 167 Å². The Morgan fingerprint density at radius 3 is 2.48 bits per heavy atom. The summed E-state index contributed by atoms with van der Waals surface area (Å²) in [7, 11) is -3.61. The number of alkyl halides is 2. The number of nitrogens with one attached hydrogen (secondary N) is 1. The Morgan fingerprint density at radius 2 is 1.90 bits per heavy atom. The summed E-state index contributed by atoms with van der Waals surface area (Å²) < 4.78 is 55.2. The summed E-state index contributed by atoms with van der Waals surface area (Å²) in [5.74, 6) is -0.384.